The Hall–Kier alpha value is -2.64. The van der Waals surface area contributed by atoms with Crippen molar-refractivity contribution in [3.63, 3.8) is 0 Å². The highest BCUT2D eigenvalue weighted by Gasteiger charge is 2.42. The number of fused-ring (bicyclic) bond motifs is 3. The number of nitrogens with zero attached hydrogens (tertiary/aromatic N) is 2. The number of rotatable bonds is 6. The van der Waals surface area contributed by atoms with Crippen LogP contribution in [0.4, 0.5) is 11.4 Å². The number of thiocarbonyl (C=S) groups is 1. The van der Waals surface area contributed by atoms with Gasteiger partial charge in [-0.15, -0.1) is 0 Å². The van der Waals surface area contributed by atoms with E-state index in [2.05, 4.69) is 47.4 Å². The summed E-state index contributed by atoms with van der Waals surface area (Å²) in [5.41, 5.74) is 4.87. The van der Waals surface area contributed by atoms with Gasteiger partial charge in [-0.25, -0.2) is 0 Å². The Morgan fingerprint density at radius 3 is 2.78 bits per heavy atom. The molecule has 0 aromatic heterocycles. The standard InChI is InChI=1S/C25H24N2O3S2/c28-23(29)10-5-13-26-24(30)22(32-25(26)31)15-16-11-12-21-19(14-16)18-8-4-9-20(18)27(21)17-6-2-1-3-7-17/h1-3,6-7,11-12,14-15,18,20H,4-5,8-10,13H2,(H,28,29)/b22-15+. The molecule has 2 aromatic rings. The van der Waals surface area contributed by atoms with Gasteiger partial charge in [0.2, 0.25) is 0 Å². The van der Waals surface area contributed by atoms with Crippen LogP contribution in [-0.4, -0.2) is 38.8 Å². The molecule has 2 atom stereocenters. The van der Waals surface area contributed by atoms with E-state index in [1.54, 1.807) is 0 Å². The van der Waals surface area contributed by atoms with Crippen LogP contribution < -0.4 is 4.90 Å². The maximum Gasteiger partial charge on any atom is 0.303 e. The first kappa shape index (κ1) is 21.2. The van der Waals surface area contributed by atoms with E-state index in [1.165, 1.54) is 52.9 Å². The van der Waals surface area contributed by atoms with Crippen LogP contribution in [0, 0.1) is 0 Å². The van der Waals surface area contributed by atoms with Crippen LogP contribution >= 0.6 is 24.0 Å². The molecule has 2 unspecified atom stereocenters. The van der Waals surface area contributed by atoms with Crippen LogP contribution in [0.25, 0.3) is 6.08 Å². The molecule has 3 aliphatic rings. The molecular weight excluding hydrogens is 440 g/mol. The molecule has 5 rings (SSSR count). The second kappa shape index (κ2) is 8.71. The maximum absolute atomic E-state index is 12.8. The Bertz CT molecular complexity index is 1120. The molecule has 1 saturated heterocycles. The summed E-state index contributed by atoms with van der Waals surface area (Å²) in [6.07, 6.45) is 5.96. The second-order valence-electron chi connectivity index (χ2n) is 8.46. The van der Waals surface area contributed by atoms with Gasteiger partial charge in [0.15, 0.2) is 0 Å². The van der Waals surface area contributed by atoms with Crippen molar-refractivity contribution in [1.29, 1.82) is 0 Å². The van der Waals surface area contributed by atoms with Crippen LogP contribution in [0.1, 0.15) is 49.1 Å². The number of thioether (sulfide) groups is 1. The van der Waals surface area contributed by atoms with E-state index < -0.39 is 5.97 Å². The summed E-state index contributed by atoms with van der Waals surface area (Å²) >= 11 is 6.67. The van der Waals surface area contributed by atoms with Gasteiger partial charge in [-0.1, -0.05) is 54.7 Å². The Labute approximate surface area is 197 Å². The quantitative estimate of drug-likeness (QED) is 0.447. The summed E-state index contributed by atoms with van der Waals surface area (Å²) < 4.78 is 0.499. The van der Waals surface area contributed by atoms with Crippen LogP contribution in [0.5, 0.6) is 0 Å². The average Bonchev–Trinajstić information content (AvgIpc) is 3.43. The molecule has 1 N–H and O–H groups in total. The fourth-order valence-electron chi connectivity index (χ4n) is 5.12. The lowest BCUT2D eigenvalue weighted by atomic mass is 9.96. The fraction of sp³-hybridized carbons (Fsp3) is 0.320. The molecule has 7 heteroatoms. The van der Waals surface area contributed by atoms with Gasteiger partial charge in [0.05, 0.1) is 4.91 Å². The van der Waals surface area contributed by atoms with Gasteiger partial charge >= 0.3 is 5.97 Å². The van der Waals surface area contributed by atoms with E-state index in [9.17, 15) is 9.59 Å². The summed E-state index contributed by atoms with van der Waals surface area (Å²) in [5, 5.41) is 8.84. The van der Waals surface area contributed by atoms with Gasteiger partial charge in [0.25, 0.3) is 5.91 Å². The zero-order chi connectivity index (χ0) is 22.2. The minimum atomic E-state index is -0.862. The number of carboxylic acids is 1. The first-order valence-corrected chi connectivity index (χ1v) is 12.2. The lowest BCUT2D eigenvalue weighted by Crippen LogP contribution is -2.29. The van der Waals surface area contributed by atoms with Crippen molar-refractivity contribution in [2.45, 2.75) is 44.1 Å². The summed E-state index contributed by atoms with van der Waals surface area (Å²) in [7, 11) is 0. The van der Waals surface area contributed by atoms with Crippen LogP contribution in [0.3, 0.4) is 0 Å². The van der Waals surface area contributed by atoms with Gasteiger partial charge in [0, 0.05) is 36.3 Å². The lowest BCUT2D eigenvalue weighted by Gasteiger charge is -2.27. The van der Waals surface area contributed by atoms with Gasteiger partial charge in [-0.3, -0.25) is 14.5 Å². The number of carbonyl (C=O) groups excluding carboxylic acids is 1. The van der Waals surface area contributed by atoms with E-state index in [0.29, 0.717) is 34.2 Å². The number of para-hydroxylation sites is 1. The lowest BCUT2D eigenvalue weighted by molar-refractivity contribution is -0.137. The first-order chi connectivity index (χ1) is 15.5. The van der Waals surface area contributed by atoms with Crippen LogP contribution in [-0.2, 0) is 9.59 Å². The van der Waals surface area contributed by atoms with Crippen molar-refractivity contribution in [1.82, 2.24) is 4.90 Å². The van der Waals surface area contributed by atoms with E-state index in [1.807, 2.05) is 12.1 Å². The summed E-state index contributed by atoms with van der Waals surface area (Å²) in [4.78, 5) is 28.2. The van der Waals surface area contributed by atoms with Crippen molar-refractivity contribution in [2.24, 2.45) is 0 Å². The van der Waals surface area contributed by atoms with Crippen molar-refractivity contribution >= 4 is 57.6 Å². The average molecular weight is 465 g/mol. The Morgan fingerprint density at radius 1 is 1.19 bits per heavy atom. The Kier molecular flexibility index (Phi) is 5.78. The monoisotopic (exact) mass is 464 g/mol. The largest absolute Gasteiger partial charge is 0.481 e. The van der Waals surface area contributed by atoms with E-state index in [-0.39, 0.29) is 12.3 Å². The van der Waals surface area contributed by atoms with Gasteiger partial charge in [-0.05, 0) is 60.7 Å². The molecule has 0 spiro atoms. The van der Waals surface area contributed by atoms with E-state index >= 15 is 0 Å². The summed E-state index contributed by atoms with van der Waals surface area (Å²) in [6, 6.07) is 17.6. The number of carbonyl (C=O) groups is 2. The number of benzene rings is 2. The maximum atomic E-state index is 12.8. The van der Waals surface area contributed by atoms with E-state index in [4.69, 9.17) is 17.3 Å². The van der Waals surface area contributed by atoms with Gasteiger partial charge in [-0.2, -0.15) is 0 Å². The number of amides is 1. The summed E-state index contributed by atoms with van der Waals surface area (Å²) in [6.45, 7) is 0.342. The summed E-state index contributed by atoms with van der Waals surface area (Å²) in [5.74, 6) is -0.474. The molecule has 1 saturated carbocycles. The van der Waals surface area contributed by atoms with Crippen molar-refractivity contribution in [3.8, 4) is 0 Å². The molecule has 32 heavy (non-hydrogen) atoms. The van der Waals surface area contributed by atoms with Crippen LogP contribution in [0.2, 0.25) is 0 Å². The molecule has 0 radical (unpaired) electrons. The third-order valence-corrected chi connectivity index (χ3v) is 7.88. The topological polar surface area (TPSA) is 60.9 Å². The zero-order valence-corrected chi connectivity index (χ0v) is 19.2. The zero-order valence-electron chi connectivity index (χ0n) is 17.6. The smallest absolute Gasteiger partial charge is 0.303 e. The number of anilines is 2. The van der Waals surface area contributed by atoms with Gasteiger partial charge in [0.1, 0.15) is 4.32 Å². The minimum absolute atomic E-state index is 0.0292. The number of carboxylic acid groups (broad SMARTS) is 1. The molecule has 2 heterocycles. The normalized spacial score (nSPS) is 23.2. The minimum Gasteiger partial charge on any atom is -0.481 e. The molecule has 2 aliphatic heterocycles. The van der Waals surface area contributed by atoms with Crippen molar-refractivity contribution in [3.05, 3.63) is 64.6 Å². The van der Waals surface area contributed by atoms with E-state index in [0.717, 1.165) is 5.56 Å². The predicted octanol–water partition coefficient (Wildman–Crippen LogP) is 5.54. The molecule has 1 amide bonds. The predicted molar refractivity (Wildman–Crippen MR) is 132 cm³/mol. The molecular formula is C25H24N2O3S2. The first-order valence-electron chi connectivity index (χ1n) is 11.0. The highest BCUT2D eigenvalue weighted by Crippen LogP contribution is 2.52. The van der Waals surface area contributed by atoms with Crippen LogP contribution in [0.15, 0.2) is 53.4 Å². The van der Waals surface area contributed by atoms with Crippen molar-refractivity contribution < 1.29 is 14.7 Å². The molecule has 2 aromatic carbocycles. The molecule has 0 bridgehead atoms. The highest BCUT2D eigenvalue weighted by molar-refractivity contribution is 8.26. The van der Waals surface area contributed by atoms with Gasteiger partial charge < -0.3 is 10.0 Å². The second-order valence-corrected chi connectivity index (χ2v) is 10.1. The van der Waals surface area contributed by atoms with Crippen molar-refractivity contribution in [2.75, 3.05) is 11.4 Å². The Balaban J connectivity index is 1.41. The molecule has 5 nitrogen and oxygen atoms in total. The highest BCUT2D eigenvalue weighted by atomic mass is 32.2. The number of hydrogen-bond donors (Lipinski definition) is 1. The number of hydrogen-bond acceptors (Lipinski definition) is 5. The molecule has 2 fully saturated rings. The Morgan fingerprint density at radius 2 is 2.00 bits per heavy atom. The fourth-order valence-corrected chi connectivity index (χ4v) is 6.43. The third kappa shape index (κ3) is 3.84. The third-order valence-electron chi connectivity index (χ3n) is 6.50. The molecule has 1 aliphatic carbocycles. The molecule has 164 valence electrons. The number of aliphatic carboxylic acids is 1. The SMILES string of the molecule is O=C(O)CCCN1C(=O)/C(=C\c2ccc3c(c2)C2CCCC2N3c2ccccc2)SC1=S.